The molecule has 2 nitrogen and oxygen atoms in total. The Morgan fingerprint density at radius 1 is 1.00 bits per heavy atom. The molecule has 170 valence electrons. The van der Waals surface area contributed by atoms with E-state index in [1.54, 1.807) is 6.07 Å². The van der Waals surface area contributed by atoms with Crippen LogP contribution in [0.25, 0.3) is 12.2 Å². The van der Waals surface area contributed by atoms with Crippen molar-refractivity contribution in [3.05, 3.63) is 64.2 Å². The third kappa shape index (κ3) is 3.55. The van der Waals surface area contributed by atoms with Crippen LogP contribution >= 0.6 is 0 Å². The summed E-state index contributed by atoms with van der Waals surface area (Å²) < 4.78 is 38.5. The Balaban J connectivity index is 1.47. The van der Waals surface area contributed by atoms with E-state index in [4.69, 9.17) is 0 Å². The molecule has 3 aliphatic rings. The number of aliphatic hydroxyl groups excluding tert-OH is 1. The van der Waals surface area contributed by atoms with Gasteiger partial charge in [-0.05, 0) is 108 Å². The van der Waals surface area contributed by atoms with Crippen LogP contribution in [0, 0.1) is 17.3 Å². The van der Waals surface area contributed by atoms with Gasteiger partial charge in [-0.3, -0.25) is 0 Å². The maximum absolute atomic E-state index is 12.8. The summed E-state index contributed by atoms with van der Waals surface area (Å²) in [5, 5.41) is 20.9. The van der Waals surface area contributed by atoms with Crippen molar-refractivity contribution in [1.29, 1.82) is 0 Å². The van der Waals surface area contributed by atoms with Crippen LogP contribution in [0.1, 0.15) is 72.8 Å². The number of aromatic hydroxyl groups is 1. The fraction of sp³-hybridized carbons (Fsp3) is 0.481. The summed E-state index contributed by atoms with van der Waals surface area (Å²) in [4.78, 5) is 0. The lowest BCUT2D eigenvalue weighted by Gasteiger charge is -2.50. The second-order valence-corrected chi connectivity index (χ2v) is 10.1. The third-order valence-electron chi connectivity index (χ3n) is 8.48. The molecule has 2 aromatic carbocycles. The van der Waals surface area contributed by atoms with Crippen LogP contribution in [0.4, 0.5) is 13.2 Å². The average molecular weight is 443 g/mol. The van der Waals surface area contributed by atoms with Crippen LogP contribution in [-0.4, -0.2) is 16.3 Å². The van der Waals surface area contributed by atoms with Gasteiger partial charge < -0.3 is 10.2 Å². The molecular weight excluding hydrogens is 413 g/mol. The minimum absolute atomic E-state index is 0.00577. The predicted octanol–water partition coefficient (Wildman–Crippen LogP) is 6.80. The average Bonchev–Trinajstić information content (AvgIpc) is 3.06. The van der Waals surface area contributed by atoms with Gasteiger partial charge in [0.05, 0.1) is 11.7 Å². The lowest BCUT2D eigenvalue weighted by atomic mass is 9.55. The standard InChI is InChI=1S/C27H29F3O2/c1-26-13-12-22-21(23(26)10-11-24(26)32)9-6-18-15-20(31)14-17(25(18)22)5-2-16-3-7-19(8-4-16)27(28,29)30/h2-5,7-8,14-15,21-24,31-32H,6,9-13H2,1H3/b5-2+/t21-,22+,23+,24+,26+/m1/s1. The van der Waals surface area contributed by atoms with Crippen LogP contribution in [0.15, 0.2) is 36.4 Å². The zero-order valence-electron chi connectivity index (χ0n) is 18.2. The molecule has 0 aliphatic heterocycles. The van der Waals surface area contributed by atoms with E-state index in [2.05, 4.69) is 6.92 Å². The highest BCUT2D eigenvalue weighted by Gasteiger charge is 2.54. The Labute approximate surface area is 186 Å². The van der Waals surface area contributed by atoms with Gasteiger partial charge in [-0.2, -0.15) is 13.2 Å². The monoisotopic (exact) mass is 442 g/mol. The number of phenolic OH excluding ortho intramolecular Hbond substituents is 1. The van der Waals surface area contributed by atoms with Gasteiger partial charge in [0.1, 0.15) is 5.75 Å². The number of rotatable bonds is 2. The smallest absolute Gasteiger partial charge is 0.416 e. The van der Waals surface area contributed by atoms with Crippen molar-refractivity contribution in [1.82, 2.24) is 0 Å². The summed E-state index contributed by atoms with van der Waals surface area (Å²) >= 11 is 0. The van der Waals surface area contributed by atoms with Crippen LogP contribution in [0.2, 0.25) is 0 Å². The number of hydrogen-bond acceptors (Lipinski definition) is 2. The van der Waals surface area contributed by atoms with Crippen molar-refractivity contribution >= 4 is 12.2 Å². The van der Waals surface area contributed by atoms with E-state index >= 15 is 0 Å². The third-order valence-corrected chi connectivity index (χ3v) is 8.48. The number of benzene rings is 2. The molecule has 0 saturated heterocycles. The van der Waals surface area contributed by atoms with Gasteiger partial charge in [-0.25, -0.2) is 0 Å². The molecule has 0 bridgehead atoms. The predicted molar refractivity (Wildman–Crippen MR) is 119 cm³/mol. The molecule has 2 N–H and O–H groups in total. The summed E-state index contributed by atoms with van der Waals surface area (Å²) in [5.41, 5.74) is 3.46. The van der Waals surface area contributed by atoms with Gasteiger partial charge in [-0.15, -0.1) is 0 Å². The highest BCUT2D eigenvalue weighted by molar-refractivity contribution is 5.73. The first-order valence-electron chi connectivity index (χ1n) is 11.6. The Kier molecular flexibility index (Phi) is 5.16. The van der Waals surface area contributed by atoms with Gasteiger partial charge in [0.25, 0.3) is 0 Å². The number of fused-ring (bicyclic) bond motifs is 5. The van der Waals surface area contributed by atoms with Crippen molar-refractivity contribution in [2.24, 2.45) is 17.3 Å². The van der Waals surface area contributed by atoms with E-state index in [1.165, 1.54) is 23.3 Å². The van der Waals surface area contributed by atoms with E-state index in [1.807, 2.05) is 18.2 Å². The first-order valence-corrected chi connectivity index (χ1v) is 11.6. The molecule has 0 aromatic heterocycles. The second kappa shape index (κ2) is 7.65. The van der Waals surface area contributed by atoms with E-state index in [0.717, 1.165) is 56.2 Å². The van der Waals surface area contributed by atoms with Gasteiger partial charge in [0, 0.05) is 0 Å². The second-order valence-electron chi connectivity index (χ2n) is 10.1. The summed E-state index contributed by atoms with van der Waals surface area (Å²) in [6.07, 6.45) is 5.17. The molecule has 0 amide bonds. The number of aliphatic hydroxyl groups is 1. The summed E-state index contributed by atoms with van der Waals surface area (Å²) in [6, 6.07) is 8.80. The van der Waals surface area contributed by atoms with Crippen molar-refractivity contribution in [2.45, 2.75) is 63.6 Å². The Hall–Kier alpha value is -2.27. The van der Waals surface area contributed by atoms with Crippen molar-refractivity contribution < 1.29 is 23.4 Å². The molecule has 2 aromatic rings. The van der Waals surface area contributed by atoms with E-state index < -0.39 is 11.7 Å². The molecule has 2 fully saturated rings. The Bertz CT molecular complexity index is 1040. The fourth-order valence-corrected chi connectivity index (χ4v) is 6.83. The van der Waals surface area contributed by atoms with Crippen LogP contribution in [-0.2, 0) is 12.6 Å². The fourth-order valence-electron chi connectivity index (χ4n) is 6.83. The van der Waals surface area contributed by atoms with Gasteiger partial charge >= 0.3 is 6.18 Å². The molecule has 0 heterocycles. The highest BCUT2D eigenvalue weighted by atomic mass is 19.4. The minimum Gasteiger partial charge on any atom is -0.508 e. The van der Waals surface area contributed by atoms with Gasteiger partial charge in [0.2, 0.25) is 0 Å². The largest absolute Gasteiger partial charge is 0.508 e. The first-order chi connectivity index (χ1) is 15.2. The lowest BCUT2D eigenvalue weighted by Crippen LogP contribution is -2.44. The molecule has 0 radical (unpaired) electrons. The molecule has 0 unspecified atom stereocenters. The molecule has 3 aliphatic carbocycles. The first kappa shape index (κ1) is 21.6. The zero-order chi connectivity index (χ0) is 22.7. The highest BCUT2D eigenvalue weighted by Crippen LogP contribution is 2.61. The number of phenols is 1. The number of aryl methyl sites for hydroxylation is 1. The topological polar surface area (TPSA) is 40.5 Å². The molecule has 2 saturated carbocycles. The summed E-state index contributed by atoms with van der Waals surface area (Å²) in [6.45, 7) is 2.25. The lowest BCUT2D eigenvalue weighted by molar-refractivity contribution is -0.137. The SMILES string of the molecule is C[C@]12CC[C@@H]3c4c(/C=C/c5ccc(C(F)(F)F)cc5)cc(O)cc4CC[C@H]3[C@@H]1CC[C@@H]2O. The van der Waals surface area contributed by atoms with Crippen LogP contribution in [0.3, 0.4) is 0 Å². The Morgan fingerprint density at radius 2 is 1.75 bits per heavy atom. The van der Waals surface area contributed by atoms with Crippen molar-refractivity contribution in [3.63, 3.8) is 0 Å². The Morgan fingerprint density at radius 3 is 2.47 bits per heavy atom. The van der Waals surface area contributed by atoms with E-state index in [9.17, 15) is 23.4 Å². The molecular formula is C27H29F3O2. The van der Waals surface area contributed by atoms with Crippen LogP contribution < -0.4 is 0 Å². The maximum Gasteiger partial charge on any atom is 0.416 e. The minimum atomic E-state index is -4.34. The number of halogens is 3. The number of hydrogen-bond donors (Lipinski definition) is 2. The molecule has 5 rings (SSSR count). The van der Waals surface area contributed by atoms with E-state index in [-0.39, 0.29) is 17.3 Å². The summed E-state index contributed by atoms with van der Waals surface area (Å²) in [5.74, 6) is 1.67. The van der Waals surface area contributed by atoms with Crippen molar-refractivity contribution in [3.8, 4) is 5.75 Å². The summed E-state index contributed by atoms with van der Waals surface area (Å²) in [7, 11) is 0. The zero-order valence-corrected chi connectivity index (χ0v) is 18.2. The molecule has 32 heavy (non-hydrogen) atoms. The van der Waals surface area contributed by atoms with Crippen LogP contribution in [0.5, 0.6) is 5.75 Å². The molecule has 5 heteroatoms. The maximum atomic E-state index is 12.8. The van der Waals surface area contributed by atoms with E-state index in [0.29, 0.717) is 23.3 Å². The van der Waals surface area contributed by atoms with Crippen molar-refractivity contribution in [2.75, 3.05) is 0 Å². The quantitative estimate of drug-likeness (QED) is 0.502. The molecule has 0 spiro atoms. The van der Waals surface area contributed by atoms with Gasteiger partial charge in [0.15, 0.2) is 0 Å². The molecule has 5 atom stereocenters. The van der Waals surface area contributed by atoms with Gasteiger partial charge in [-0.1, -0.05) is 31.2 Å². The number of alkyl halides is 3. The normalized spacial score (nSPS) is 31.9.